The van der Waals surface area contributed by atoms with E-state index in [-0.39, 0.29) is 17.3 Å². The Morgan fingerprint density at radius 2 is 1.57 bits per heavy atom. The lowest BCUT2D eigenvalue weighted by molar-refractivity contribution is -0.140. The second kappa shape index (κ2) is 14.7. The van der Waals surface area contributed by atoms with Gasteiger partial charge in [0.05, 0.1) is 17.2 Å². The Hall–Kier alpha value is -3.56. The van der Waals surface area contributed by atoms with Crippen LogP contribution in [0.3, 0.4) is 0 Å². The van der Waals surface area contributed by atoms with Gasteiger partial charge in [0.1, 0.15) is 18.3 Å². The zero-order valence-electron chi connectivity index (χ0n) is 23.0. The van der Waals surface area contributed by atoms with Crippen molar-refractivity contribution in [3.8, 4) is 5.75 Å². The number of carbonyl (C=O) groups is 2. The van der Waals surface area contributed by atoms with E-state index < -0.39 is 28.5 Å². The van der Waals surface area contributed by atoms with Gasteiger partial charge in [0.25, 0.3) is 10.0 Å². The fraction of sp³-hybridized carbons (Fsp3) is 0.333. The van der Waals surface area contributed by atoms with Crippen molar-refractivity contribution in [2.45, 2.75) is 51.1 Å². The van der Waals surface area contributed by atoms with Crippen LogP contribution in [0.1, 0.15) is 39.2 Å². The Balaban J connectivity index is 2.01. The number of nitrogens with one attached hydrogen (secondary N) is 1. The molecule has 0 aromatic heterocycles. The maximum atomic E-state index is 14.0. The Labute approximate surface area is 241 Å². The van der Waals surface area contributed by atoms with Gasteiger partial charge in [-0.2, -0.15) is 0 Å². The van der Waals surface area contributed by atoms with Crippen molar-refractivity contribution in [2.75, 3.05) is 24.0 Å². The van der Waals surface area contributed by atoms with Gasteiger partial charge in [0.2, 0.25) is 11.8 Å². The van der Waals surface area contributed by atoms with Gasteiger partial charge in [-0.25, -0.2) is 8.42 Å². The minimum absolute atomic E-state index is 0.0181. The highest BCUT2D eigenvalue weighted by molar-refractivity contribution is 7.92. The molecule has 3 aromatic rings. The predicted octanol–water partition coefficient (Wildman–Crippen LogP) is 5.27. The number of nitrogens with zero attached hydrogens (tertiary/aromatic N) is 2. The van der Waals surface area contributed by atoms with Crippen molar-refractivity contribution in [3.05, 3.63) is 89.4 Å². The fourth-order valence-corrected chi connectivity index (χ4v) is 5.74. The lowest BCUT2D eigenvalue weighted by atomic mass is 10.1. The first-order valence-electron chi connectivity index (χ1n) is 13.3. The normalized spacial score (nSPS) is 11.9. The first-order valence-corrected chi connectivity index (χ1v) is 15.1. The van der Waals surface area contributed by atoms with Crippen LogP contribution in [0.2, 0.25) is 5.02 Å². The fourth-order valence-electron chi connectivity index (χ4n) is 4.20. The number of halogens is 1. The van der Waals surface area contributed by atoms with Gasteiger partial charge in [-0.3, -0.25) is 13.9 Å². The monoisotopic (exact) mass is 585 g/mol. The van der Waals surface area contributed by atoms with Crippen molar-refractivity contribution in [1.29, 1.82) is 0 Å². The smallest absolute Gasteiger partial charge is 0.264 e. The van der Waals surface area contributed by atoms with E-state index in [1.165, 1.54) is 17.0 Å². The standard InChI is InChI=1S/C30H36ClN3O5S/c1-4-20-32-30(36)28(5-2)33(21-23-12-14-24(31)15-13-23)29(35)22-34(25-10-8-7-9-11-25)40(37,38)27-18-16-26(17-19-27)39-6-3/h7-19,28H,4-6,20-22H2,1-3H3,(H,32,36)/t28-/m1/s1. The molecule has 0 spiro atoms. The average Bonchev–Trinajstić information content (AvgIpc) is 2.96. The van der Waals surface area contributed by atoms with Crippen molar-refractivity contribution in [1.82, 2.24) is 10.2 Å². The molecule has 1 atom stereocenters. The molecule has 0 aliphatic heterocycles. The molecule has 0 saturated heterocycles. The first-order chi connectivity index (χ1) is 19.2. The summed E-state index contributed by atoms with van der Waals surface area (Å²) in [4.78, 5) is 28.6. The minimum atomic E-state index is -4.15. The summed E-state index contributed by atoms with van der Waals surface area (Å²) in [5.74, 6) is -0.249. The number of ether oxygens (including phenoxy) is 1. The first kappa shape index (κ1) is 31.0. The molecule has 0 fully saturated rings. The molecule has 0 aliphatic rings. The van der Waals surface area contributed by atoms with Crippen LogP contribution >= 0.6 is 11.6 Å². The third kappa shape index (κ3) is 7.99. The molecule has 1 N–H and O–H groups in total. The van der Waals surface area contributed by atoms with Crippen LogP contribution in [0.4, 0.5) is 5.69 Å². The van der Waals surface area contributed by atoms with Crippen LogP contribution in [-0.2, 0) is 26.2 Å². The highest BCUT2D eigenvalue weighted by Gasteiger charge is 2.33. The Morgan fingerprint density at radius 1 is 0.925 bits per heavy atom. The van der Waals surface area contributed by atoms with Gasteiger partial charge in [-0.15, -0.1) is 0 Å². The van der Waals surface area contributed by atoms with Gasteiger partial charge in [0.15, 0.2) is 0 Å². The number of rotatable bonds is 14. The van der Waals surface area contributed by atoms with Crippen LogP contribution in [0.25, 0.3) is 0 Å². The molecule has 3 rings (SSSR count). The van der Waals surface area contributed by atoms with E-state index in [1.54, 1.807) is 66.7 Å². The lowest BCUT2D eigenvalue weighted by Crippen LogP contribution is -2.52. The number of hydrogen-bond donors (Lipinski definition) is 1. The number of benzene rings is 3. The maximum absolute atomic E-state index is 14.0. The molecule has 0 aliphatic carbocycles. The third-order valence-corrected chi connectivity index (χ3v) is 8.29. The summed E-state index contributed by atoms with van der Waals surface area (Å²) in [6.45, 7) is 6.15. The molecular formula is C30H36ClN3O5S. The molecule has 0 radical (unpaired) electrons. The molecule has 0 heterocycles. The van der Waals surface area contributed by atoms with E-state index in [9.17, 15) is 18.0 Å². The Bertz CT molecular complexity index is 1350. The second-order valence-corrected chi connectivity index (χ2v) is 11.4. The SMILES string of the molecule is CCCNC(=O)[C@@H](CC)N(Cc1ccc(Cl)cc1)C(=O)CN(c1ccccc1)S(=O)(=O)c1ccc(OCC)cc1. The lowest BCUT2D eigenvalue weighted by Gasteiger charge is -2.33. The number of amides is 2. The van der Waals surface area contributed by atoms with E-state index in [4.69, 9.17) is 16.3 Å². The van der Waals surface area contributed by atoms with Gasteiger partial charge in [0, 0.05) is 18.1 Å². The van der Waals surface area contributed by atoms with Crippen molar-refractivity contribution < 1.29 is 22.7 Å². The van der Waals surface area contributed by atoms with Crippen LogP contribution < -0.4 is 14.4 Å². The summed E-state index contributed by atoms with van der Waals surface area (Å²) in [7, 11) is -4.15. The number of sulfonamides is 1. The number of hydrogen-bond acceptors (Lipinski definition) is 5. The van der Waals surface area contributed by atoms with Crippen LogP contribution in [-0.4, -0.2) is 50.9 Å². The quantitative estimate of drug-likeness (QED) is 0.278. The van der Waals surface area contributed by atoms with Crippen LogP contribution in [0.5, 0.6) is 5.75 Å². The van der Waals surface area contributed by atoms with Crippen molar-refractivity contribution in [3.63, 3.8) is 0 Å². The maximum Gasteiger partial charge on any atom is 0.264 e. The van der Waals surface area contributed by atoms with Gasteiger partial charge < -0.3 is 15.0 Å². The molecule has 2 amide bonds. The minimum Gasteiger partial charge on any atom is -0.494 e. The van der Waals surface area contributed by atoms with Crippen molar-refractivity contribution in [2.24, 2.45) is 0 Å². The molecule has 0 bridgehead atoms. The average molecular weight is 586 g/mol. The second-order valence-electron chi connectivity index (χ2n) is 9.11. The van der Waals surface area contributed by atoms with Crippen molar-refractivity contribution >= 4 is 39.1 Å². The number of anilines is 1. The van der Waals surface area contributed by atoms with E-state index in [0.717, 1.165) is 16.3 Å². The van der Waals surface area contributed by atoms with Crippen LogP contribution in [0, 0.1) is 0 Å². The molecule has 40 heavy (non-hydrogen) atoms. The van der Waals surface area contributed by atoms with E-state index >= 15 is 0 Å². The van der Waals surface area contributed by atoms with E-state index in [2.05, 4.69) is 5.32 Å². The third-order valence-electron chi connectivity index (χ3n) is 6.25. The Kier molecular flexibility index (Phi) is 11.4. The molecule has 3 aromatic carbocycles. The number of para-hydroxylation sites is 1. The van der Waals surface area contributed by atoms with E-state index in [0.29, 0.717) is 36.0 Å². The number of carbonyl (C=O) groups excluding carboxylic acids is 2. The zero-order chi connectivity index (χ0) is 29.1. The molecule has 214 valence electrons. The summed E-state index contributed by atoms with van der Waals surface area (Å²) in [6.07, 6.45) is 1.10. The topological polar surface area (TPSA) is 96.0 Å². The van der Waals surface area contributed by atoms with Gasteiger partial charge >= 0.3 is 0 Å². The summed E-state index contributed by atoms with van der Waals surface area (Å²) in [6, 6.07) is 20.7. The Morgan fingerprint density at radius 3 is 2.15 bits per heavy atom. The predicted molar refractivity (Wildman–Crippen MR) is 158 cm³/mol. The van der Waals surface area contributed by atoms with Gasteiger partial charge in [-0.05, 0) is 73.9 Å². The molecule has 10 heteroatoms. The van der Waals surface area contributed by atoms with E-state index in [1.807, 2.05) is 20.8 Å². The molecule has 0 unspecified atom stereocenters. The summed E-state index contributed by atoms with van der Waals surface area (Å²) >= 11 is 6.05. The summed E-state index contributed by atoms with van der Waals surface area (Å²) in [5.41, 5.74) is 1.10. The largest absolute Gasteiger partial charge is 0.494 e. The highest BCUT2D eigenvalue weighted by Crippen LogP contribution is 2.26. The molecular weight excluding hydrogens is 550 g/mol. The highest BCUT2D eigenvalue weighted by atomic mass is 35.5. The zero-order valence-corrected chi connectivity index (χ0v) is 24.6. The molecule has 8 nitrogen and oxygen atoms in total. The summed E-state index contributed by atoms with van der Waals surface area (Å²) in [5, 5.41) is 3.42. The van der Waals surface area contributed by atoms with Crippen LogP contribution in [0.15, 0.2) is 83.8 Å². The molecule has 0 saturated carbocycles. The summed E-state index contributed by atoms with van der Waals surface area (Å²) < 4.78 is 34.3. The van der Waals surface area contributed by atoms with Gasteiger partial charge in [-0.1, -0.05) is 55.8 Å².